The molecule has 2 aromatic carbocycles. The number of aromatic nitrogens is 2. The zero-order valence-corrected chi connectivity index (χ0v) is 12.8. The Bertz CT molecular complexity index is 831. The lowest BCUT2D eigenvalue weighted by atomic mass is 9.88. The third kappa shape index (κ3) is 2.42. The first-order valence-electron chi connectivity index (χ1n) is 7.58. The van der Waals surface area contributed by atoms with Gasteiger partial charge in [-0.05, 0) is 54.1 Å². The fraction of sp³-hybridized carbons (Fsp3) is 0.222. The van der Waals surface area contributed by atoms with Gasteiger partial charge in [0.15, 0.2) is 0 Å². The first kappa shape index (κ1) is 13.5. The van der Waals surface area contributed by atoms with E-state index in [0.29, 0.717) is 0 Å². The highest BCUT2D eigenvalue weighted by molar-refractivity contribution is 6.28. The zero-order chi connectivity index (χ0) is 14.9. The van der Waals surface area contributed by atoms with Gasteiger partial charge < -0.3 is 5.32 Å². The van der Waals surface area contributed by atoms with Crippen molar-refractivity contribution in [2.24, 2.45) is 0 Å². The molecular weight excluding hydrogens is 294 g/mol. The fourth-order valence-corrected chi connectivity index (χ4v) is 3.40. The second-order valence-corrected chi connectivity index (χ2v) is 5.98. The molecule has 110 valence electrons. The van der Waals surface area contributed by atoms with Gasteiger partial charge in [-0.3, -0.25) is 0 Å². The van der Waals surface area contributed by atoms with Gasteiger partial charge in [0, 0.05) is 5.39 Å². The minimum atomic E-state index is 0.277. The van der Waals surface area contributed by atoms with Crippen LogP contribution >= 0.6 is 11.6 Å². The van der Waals surface area contributed by atoms with Crippen molar-refractivity contribution in [3.05, 3.63) is 64.9 Å². The van der Waals surface area contributed by atoms with E-state index in [9.17, 15) is 0 Å². The van der Waals surface area contributed by atoms with Crippen LogP contribution in [0.25, 0.3) is 10.9 Å². The number of para-hydroxylation sites is 1. The third-order valence-corrected chi connectivity index (χ3v) is 4.43. The Kier molecular flexibility index (Phi) is 3.43. The molecule has 1 aromatic heterocycles. The largest absolute Gasteiger partial charge is 0.363 e. The smallest absolute Gasteiger partial charge is 0.224 e. The van der Waals surface area contributed by atoms with E-state index in [1.54, 1.807) is 0 Å². The average molecular weight is 310 g/mol. The second-order valence-electron chi connectivity index (χ2n) is 5.65. The topological polar surface area (TPSA) is 37.8 Å². The van der Waals surface area contributed by atoms with Gasteiger partial charge in [-0.2, -0.15) is 0 Å². The summed E-state index contributed by atoms with van der Waals surface area (Å²) in [5.41, 5.74) is 3.66. The van der Waals surface area contributed by atoms with Crippen LogP contribution in [0.1, 0.15) is 30.0 Å². The van der Waals surface area contributed by atoms with Crippen molar-refractivity contribution >= 4 is 28.3 Å². The van der Waals surface area contributed by atoms with Gasteiger partial charge in [0.1, 0.15) is 5.82 Å². The van der Waals surface area contributed by atoms with Gasteiger partial charge in [0.2, 0.25) is 5.28 Å². The molecule has 0 bridgehead atoms. The molecule has 0 amide bonds. The van der Waals surface area contributed by atoms with E-state index >= 15 is 0 Å². The van der Waals surface area contributed by atoms with Gasteiger partial charge in [0.05, 0.1) is 11.6 Å². The highest BCUT2D eigenvalue weighted by Gasteiger charge is 2.20. The van der Waals surface area contributed by atoms with Crippen LogP contribution < -0.4 is 5.32 Å². The summed E-state index contributed by atoms with van der Waals surface area (Å²) in [6.45, 7) is 0. The minimum Gasteiger partial charge on any atom is -0.363 e. The predicted molar refractivity (Wildman–Crippen MR) is 90.3 cm³/mol. The van der Waals surface area contributed by atoms with Crippen molar-refractivity contribution in [3.8, 4) is 0 Å². The number of nitrogens with zero attached hydrogens (tertiary/aromatic N) is 2. The summed E-state index contributed by atoms with van der Waals surface area (Å²) in [7, 11) is 0. The maximum absolute atomic E-state index is 6.08. The summed E-state index contributed by atoms with van der Waals surface area (Å²) in [5.74, 6) is 0.817. The van der Waals surface area contributed by atoms with Gasteiger partial charge in [-0.15, -0.1) is 0 Å². The number of benzene rings is 2. The predicted octanol–water partition coefficient (Wildman–Crippen LogP) is 4.77. The lowest BCUT2D eigenvalue weighted by Gasteiger charge is -2.27. The van der Waals surface area contributed by atoms with Crippen LogP contribution in [0.2, 0.25) is 5.28 Å². The van der Waals surface area contributed by atoms with E-state index in [0.717, 1.165) is 29.6 Å². The molecule has 1 atom stereocenters. The minimum absolute atomic E-state index is 0.277. The molecule has 0 saturated carbocycles. The zero-order valence-electron chi connectivity index (χ0n) is 12.1. The average Bonchev–Trinajstić information content (AvgIpc) is 2.55. The van der Waals surface area contributed by atoms with Gasteiger partial charge >= 0.3 is 0 Å². The highest BCUT2D eigenvalue weighted by Crippen LogP contribution is 2.33. The number of nitrogens with one attached hydrogen (secondary N) is 1. The molecule has 1 N–H and O–H groups in total. The van der Waals surface area contributed by atoms with E-state index in [4.69, 9.17) is 11.6 Å². The Morgan fingerprint density at radius 1 is 1.00 bits per heavy atom. The number of hydrogen-bond acceptors (Lipinski definition) is 3. The molecular formula is C18H16ClN3. The summed E-state index contributed by atoms with van der Waals surface area (Å²) in [6, 6.07) is 16.9. The molecule has 1 aliphatic carbocycles. The summed E-state index contributed by atoms with van der Waals surface area (Å²) >= 11 is 6.08. The van der Waals surface area contributed by atoms with Crippen molar-refractivity contribution in [1.29, 1.82) is 0 Å². The SMILES string of the molecule is Clc1nc(N[C@H]2CCCc3ccccc32)c2ccccc2n1. The third-order valence-electron chi connectivity index (χ3n) is 4.26. The standard InChI is InChI=1S/C18H16ClN3/c19-18-21-16-10-4-3-9-14(16)17(22-18)20-15-11-5-7-12-6-1-2-8-13(12)15/h1-4,6,8-10,15H,5,7,11H2,(H,20,21,22)/t15-/m0/s1. The molecule has 1 heterocycles. The molecule has 0 radical (unpaired) electrons. The van der Waals surface area contributed by atoms with Crippen LogP contribution in [-0.2, 0) is 6.42 Å². The van der Waals surface area contributed by atoms with E-state index in [-0.39, 0.29) is 11.3 Å². The van der Waals surface area contributed by atoms with Gasteiger partial charge in [-0.1, -0.05) is 36.4 Å². The molecule has 22 heavy (non-hydrogen) atoms. The molecule has 3 aromatic rings. The number of fused-ring (bicyclic) bond motifs is 2. The lowest BCUT2D eigenvalue weighted by molar-refractivity contribution is 0.599. The summed E-state index contributed by atoms with van der Waals surface area (Å²) in [6.07, 6.45) is 3.44. The number of halogens is 1. The molecule has 4 rings (SSSR count). The van der Waals surface area contributed by atoms with Crippen LogP contribution in [0.4, 0.5) is 5.82 Å². The van der Waals surface area contributed by atoms with E-state index in [2.05, 4.69) is 39.6 Å². The van der Waals surface area contributed by atoms with Crippen molar-refractivity contribution in [2.75, 3.05) is 5.32 Å². The first-order chi connectivity index (χ1) is 10.8. The molecule has 0 unspecified atom stereocenters. The van der Waals surface area contributed by atoms with E-state index in [1.165, 1.54) is 17.5 Å². The molecule has 0 aliphatic heterocycles. The Balaban J connectivity index is 1.76. The monoisotopic (exact) mass is 309 g/mol. The van der Waals surface area contributed by atoms with Crippen LogP contribution in [0, 0.1) is 0 Å². The maximum atomic E-state index is 6.08. The molecule has 4 heteroatoms. The molecule has 0 spiro atoms. The summed E-state index contributed by atoms with van der Waals surface area (Å²) in [4.78, 5) is 8.70. The number of anilines is 1. The first-order valence-corrected chi connectivity index (χ1v) is 7.96. The van der Waals surface area contributed by atoms with E-state index in [1.807, 2.05) is 24.3 Å². The molecule has 3 nitrogen and oxygen atoms in total. The summed E-state index contributed by atoms with van der Waals surface area (Å²) in [5, 5.41) is 4.88. The molecule has 1 aliphatic rings. The highest BCUT2D eigenvalue weighted by atomic mass is 35.5. The molecule has 0 saturated heterocycles. The fourth-order valence-electron chi connectivity index (χ4n) is 3.23. The van der Waals surface area contributed by atoms with Crippen LogP contribution in [-0.4, -0.2) is 9.97 Å². The van der Waals surface area contributed by atoms with Crippen molar-refractivity contribution in [1.82, 2.24) is 9.97 Å². The number of hydrogen-bond donors (Lipinski definition) is 1. The Hall–Kier alpha value is -2.13. The van der Waals surface area contributed by atoms with E-state index < -0.39 is 0 Å². The maximum Gasteiger partial charge on any atom is 0.224 e. The number of rotatable bonds is 2. The number of aryl methyl sites for hydroxylation is 1. The van der Waals surface area contributed by atoms with Gasteiger partial charge in [0.25, 0.3) is 0 Å². The Morgan fingerprint density at radius 2 is 1.82 bits per heavy atom. The van der Waals surface area contributed by atoms with Crippen molar-refractivity contribution in [2.45, 2.75) is 25.3 Å². The van der Waals surface area contributed by atoms with Crippen molar-refractivity contribution in [3.63, 3.8) is 0 Å². The lowest BCUT2D eigenvalue weighted by Crippen LogP contribution is -2.18. The Labute approximate surface area is 134 Å². The normalized spacial score (nSPS) is 17.2. The van der Waals surface area contributed by atoms with Gasteiger partial charge in [-0.25, -0.2) is 9.97 Å². The second kappa shape index (κ2) is 5.58. The quantitative estimate of drug-likeness (QED) is 0.693. The van der Waals surface area contributed by atoms with Crippen LogP contribution in [0.5, 0.6) is 0 Å². The van der Waals surface area contributed by atoms with Crippen LogP contribution in [0.3, 0.4) is 0 Å². The summed E-state index contributed by atoms with van der Waals surface area (Å²) < 4.78 is 0. The van der Waals surface area contributed by atoms with Crippen LogP contribution in [0.15, 0.2) is 48.5 Å². The Morgan fingerprint density at radius 3 is 2.77 bits per heavy atom. The molecule has 0 fully saturated rings. The van der Waals surface area contributed by atoms with Crippen molar-refractivity contribution < 1.29 is 0 Å².